The molecule has 0 atom stereocenters. The monoisotopic (exact) mass is 932 g/mol. The molecule has 0 amide bonds. The van der Waals surface area contributed by atoms with Crippen LogP contribution in [0.15, 0.2) is 243 Å². The Morgan fingerprint density at radius 3 is 1.26 bits per heavy atom. The average molecular weight is 933 g/mol. The van der Waals surface area contributed by atoms with E-state index in [1.54, 1.807) is 0 Å². The number of rotatable bonds is 8. The number of para-hydroxylation sites is 2. The summed E-state index contributed by atoms with van der Waals surface area (Å²) in [5.41, 5.74) is 11.2. The second kappa shape index (κ2) is 16.3. The Morgan fingerprint density at radius 2 is 0.667 bits per heavy atom. The maximum absolute atomic E-state index is 2.43. The third-order valence-corrected chi connectivity index (χ3v) is 17.1. The van der Waals surface area contributed by atoms with Crippen LogP contribution in [0.3, 0.4) is 0 Å². The van der Waals surface area contributed by atoms with Crippen LogP contribution in [0.1, 0.15) is 0 Å². The zero-order valence-corrected chi connectivity index (χ0v) is 39.7. The number of nitrogens with zero attached hydrogens (tertiary/aromatic N) is 2. The summed E-state index contributed by atoms with van der Waals surface area (Å²) in [6, 6.07) is 89.6. The van der Waals surface area contributed by atoms with E-state index in [0.29, 0.717) is 0 Å². The van der Waals surface area contributed by atoms with Gasteiger partial charge in [-0.1, -0.05) is 140 Å². The molecule has 0 aliphatic heterocycles. The van der Waals surface area contributed by atoms with Crippen LogP contribution in [0, 0.1) is 0 Å². The fourth-order valence-corrected chi connectivity index (χ4v) is 13.7. The number of thiophene rings is 3. The molecule has 11 aromatic carbocycles. The first-order valence-electron chi connectivity index (χ1n) is 23.3. The highest BCUT2D eigenvalue weighted by atomic mass is 32.1. The van der Waals surface area contributed by atoms with Crippen molar-refractivity contribution in [3.05, 3.63) is 243 Å². The Balaban J connectivity index is 0.956. The SMILES string of the molecule is c1ccc(N(c2cc(-c3ccc(-c4ccc5sc6c7ccccc7ccc6c5c4)cc3)cc(N(c3ccccc3)c3ccc4sc5ccccc5c4c3)c2)c2ccc3sc4ccccc4c3c2)cc1. The van der Waals surface area contributed by atoms with Gasteiger partial charge >= 0.3 is 0 Å². The van der Waals surface area contributed by atoms with Gasteiger partial charge in [0.25, 0.3) is 0 Å². The van der Waals surface area contributed by atoms with Crippen molar-refractivity contribution in [2.75, 3.05) is 9.80 Å². The molecule has 0 spiro atoms. The molecule has 3 heterocycles. The zero-order valence-electron chi connectivity index (χ0n) is 37.2. The van der Waals surface area contributed by atoms with Crippen molar-refractivity contribution in [1.29, 1.82) is 0 Å². The molecule has 0 radical (unpaired) electrons. The third-order valence-electron chi connectivity index (χ3n) is 13.6. The molecule has 0 N–H and O–H groups in total. The van der Waals surface area contributed by atoms with E-state index in [1.165, 1.54) is 82.4 Å². The van der Waals surface area contributed by atoms with Crippen LogP contribution in [0.4, 0.5) is 34.1 Å². The number of hydrogen-bond acceptors (Lipinski definition) is 5. The van der Waals surface area contributed by atoms with E-state index in [-0.39, 0.29) is 0 Å². The molecule has 0 aliphatic carbocycles. The van der Waals surface area contributed by atoms with E-state index >= 15 is 0 Å². The third kappa shape index (κ3) is 6.89. The van der Waals surface area contributed by atoms with Gasteiger partial charge < -0.3 is 9.80 Å². The van der Waals surface area contributed by atoms with Crippen LogP contribution in [-0.2, 0) is 0 Å². The number of fused-ring (bicyclic) bond motifs is 11. The van der Waals surface area contributed by atoms with Crippen molar-refractivity contribution in [2.45, 2.75) is 0 Å². The Morgan fingerprint density at radius 1 is 0.217 bits per heavy atom. The Kier molecular flexibility index (Phi) is 9.47. The summed E-state index contributed by atoms with van der Waals surface area (Å²) in [4.78, 5) is 4.85. The van der Waals surface area contributed by atoms with Gasteiger partial charge in [0.05, 0.1) is 0 Å². The Bertz CT molecular complexity index is 4090. The van der Waals surface area contributed by atoms with E-state index in [9.17, 15) is 0 Å². The van der Waals surface area contributed by atoms with Crippen LogP contribution < -0.4 is 9.80 Å². The molecular formula is C64H40N2S3. The smallest absolute Gasteiger partial charge is 0.0488 e. The van der Waals surface area contributed by atoms with E-state index in [2.05, 4.69) is 252 Å². The van der Waals surface area contributed by atoms with Gasteiger partial charge in [-0.25, -0.2) is 0 Å². The van der Waals surface area contributed by atoms with Gasteiger partial charge in [0.15, 0.2) is 0 Å². The van der Waals surface area contributed by atoms with Crippen LogP contribution in [0.2, 0.25) is 0 Å². The van der Waals surface area contributed by atoms with Crippen molar-refractivity contribution in [3.63, 3.8) is 0 Å². The summed E-state index contributed by atoms with van der Waals surface area (Å²) >= 11 is 5.60. The molecule has 14 aromatic rings. The quantitative estimate of drug-likeness (QED) is 0.150. The maximum Gasteiger partial charge on any atom is 0.0488 e. The minimum absolute atomic E-state index is 1.07. The molecule has 2 nitrogen and oxygen atoms in total. The molecule has 0 saturated carbocycles. The summed E-state index contributed by atoms with van der Waals surface area (Å²) in [6.45, 7) is 0. The van der Waals surface area contributed by atoms with E-state index in [1.807, 2.05) is 34.0 Å². The molecule has 0 aliphatic rings. The van der Waals surface area contributed by atoms with Crippen molar-refractivity contribution in [3.8, 4) is 22.3 Å². The maximum atomic E-state index is 2.43. The predicted octanol–water partition coefficient (Wildman–Crippen LogP) is 20.2. The largest absolute Gasteiger partial charge is 0.310 e. The van der Waals surface area contributed by atoms with Crippen LogP contribution >= 0.6 is 34.0 Å². The Labute approximate surface area is 411 Å². The lowest BCUT2D eigenvalue weighted by atomic mass is 9.97. The fourth-order valence-electron chi connectivity index (χ4n) is 10.3. The van der Waals surface area contributed by atoms with Gasteiger partial charge in [-0.05, 0) is 136 Å². The lowest BCUT2D eigenvalue weighted by Crippen LogP contribution is -2.13. The van der Waals surface area contributed by atoms with Gasteiger partial charge in [0.1, 0.15) is 0 Å². The summed E-state index contributed by atoms with van der Waals surface area (Å²) < 4.78 is 7.84. The van der Waals surface area contributed by atoms with Gasteiger partial charge in [-0.15, -0.1) is 34.0 Å². The van der Waals surface area contributed by atoms with Crippen molar-refractivity contribution >= 4 is 139 Å². The fraction of sp³-hybridized carbons (Fsp3) is 0. The van der Waals surface area contributed by atoms with Crippen LogP contribution in [-0.4, -0.2) is 0 Å². The average Bonchev–Trinajstić information content (AvgIpc) is 4.11. The second-order valence-corrected chi connectivity index (χ2v) is 20.9. The topological polar surface area (TPSA) is 6.48 Å². The molecule has 3 aromatic heterocycles. The van der Waals surface area contributed by atoms with Crippen molar-refractivity contribution in [2.24, 2.45) is 0 Å². The second-order valence-electron chi connectivity index (χ2n) is 17.7. The zero-order chi connectivity index (χ0) is 45.4. The predicted molar refractivity (Wildman–Crippen MR) is 303 cm³/mol. The number of hydrogen-bond donors (Lipinski definition) is 0. The summed E-state index contributed by atoms with van der Waals surface area (Å²) in [6.07, 6.45) is 0. The minimum Gasteiger partial charge on any atom is -0.310 e. The van der Waals surface area contributed by atoms with E-state index in [0.717, 1.165) is 45.3 Å². The lowest BCUT2D eigenvalue weighted by Gasteiger charge is -2.30. The lowest BCUT2D eigenvalue weighted by molar-refractivity contribution is 1.25. The van der Waals surface area contributed by atoms with Gasteiger partial charge in [-0.3, -0.25) is 0 Å². The summed E-state index contributed by atoms with van der Waals surface area (Å²) in [7, 11) is 0. The first-order chi connectivity index (χ1) is 34.2. The molecule has 0 bridgehead atoms. The molecular weight excluding hydrogens is 893 g/mol. The molecule has 69 heavy (non-hydrogen) atoms. The molecule has 5 heteroatoms. The highest BCUT2D eigenvalue weighted by Gasteiger charge is 2.21. The normalized spacial score (nSPS) is 11.8. The van der Waals surface area contributed by atoms with E-state index in [4.69, 9.17) is 0 Å². The van der Waals surface area contributed by atoms with Crippen molar-refractivity contribution < 1.29 is 0 Å². The molecule has 324 valence electrons. The van der Waals surface area contributed by atoms with Crippen molar-refractivity contribution in [1.82, 2.24) is 0 Å². The summed E-state index contributed by atoms with van der Waals surface area (Å²) in [5, 5.41) is 10.3. The molecule has 0 unspecified atom stereocenters. The minimum atomic E-state index is 1.07. The number of anilines is 6. The van der Waals surface area contributed by atoms with Gasteiger partial charge in [0.2, 0.25) is 0 Å². The van der Waals surface area contributed by atoms with Crippen LogP contribution in [0.25, 0.3) is 93.5 Å². The molecule has 14 rings (SSSR count). The highest BCUT2D eigenvalue weighted by Crippen LogP contribution is 2.47. The molecule has 0 fully saturated rings. The first kappa shape index (κ1) is 40.0. The highest BCUT2D eigenvalue weighted by molar-refractivity contribution is 7.27. The number of benzene rings is 11. The summed E-state index contributed by atoms with van der Waals surface area (Å²) in [5.74, 6) is 0. The standard InChI is InChI=1S/C64H40N2S3/c1-3-14-46(15-4-1)65(48-29-33-61-57(39-48)53-19-9-11-21-59(53)67-61)50-35-45(36-51(38-50)66(47-16-5-2-6-17-47)49-30-34-62-58(40-49)54-20-10-12-22-60(54)68-62)42-25-23-41(24-26-42)44-28-32-63-56(37-44)55-31-27-43-13-7-8-18-52(43)64(55)69-63/h1-40H. The van der Waals surface area contributed by atoms with E-state index < -0.39 is 0 Å². The molecule has 0 saturated heterocycles. The Hall–Kier alpha value is -8.06. The van der Waals surface area contributed by atoms with Gasteiger partial charge in [0, 0.05) is 94.6 Å². The van der Waals surface area contributed by atoms with Gasteiger partial charge in [-0.2, -0.15) is 0 Å². The van der Waals surface area contributed by atoms with Crippen LogP contribution in [0.5, 0.6) is 0 Å². The first-order valence-corrected chi connectivity index (χ1v) is 25.7.